The molecule has 1 atom stereocenters. The van der Waals surface area contributed by atoms with Gasteiger partial charge in [-0.1, -0.05) is 18.2 Å². The monoisotopic (exact) mass is 422 g/mol. The Morgan fingerprint density at radius 3 is 2.40 bits per heavy atom. The SMILES string of the molecule is Cc1cc(F)c(F)c(OCC(=O)C(C)(CCCCN)NC(=O)c2ccccc2)c1F. The molecule has 2 aromatic rings. The van der Waals surface area contributed by atoms with Crippen LogP contribution in [0.5, 0.6) is 5.75 Å². The van der Waals surface area contributed by atoms with E-state index in [-0.39, 0.29) is 12.0 Å². The summed E-state index contributed by atoms with van der Waals surface area (Å²) in [6.45, 7) is 2.43. The van der Waals surface area contributed by atoms with Gasteiger partial charge in [0.2, 0.25) is 5.82 Å². The van der Waals surface area contributed by atoms with Crippen molar-refractivity contribution in [3.05, 3.63) is 65.0 Å². The molecule has 8 heteroatoms. The highest BCUT2D eigenvalue weighted by Crippen LogP contribution is 2.27. The van der Waals surface area contributed by atoms with Crippen LogP contribution in [0.1, 0.15) is 42.1 Å². The van der Waals surface area contributed by atoms with Crippen LogP contribution in [-0.4, -0.2) is 30.4 Å². The number of nitrogens with two attached hydrogens (primary N) is 1. The van der Waals surface area contributed by atoms with E-state index in [9.17, 15) is 22.8 Å². The Morgan fingerprint density at radius 1 is 1.10 bits per heavy atom. The number of halogens is 3. The molecule has 0 saturated heterocycles. The number of ketones is 1. The Bertz CT molecular complexity index is 880. The number of carbonyl (C=O) groups excluding carboxylic acids is 2. The number of unbranched alkanes of at least 4 members (excludes halogenated alkanes) is 1. The number of rotatable bonds is 10. The molecule has 0 aliphatic rings. The van der Waals surface area contributed by atoms with Crippen molar-refractivity contribution < 1.29 is 27.5 Å². The Balaban J connectivity index is 2.20. The molecule has 0 radical (unpaired) electrons. The first-order valence-electron chi connectivity index (χ1n) is 9.57. The van der Waals surface area contributed by atoms with Crippen LogP contribution in [0.2, 0.25) is 0 Å². The maximum atomic E-state index is 14.1. The molecule has 30 heavy (non-hydrogen) atoms. The fourth-order valence-corrected chi connectivity index (χ4v) is 2.93. The second kappa shape index (κ2) is 10.2. The zero-order valence-corrected chi connectivity index (χ0v) is 16.9. The van der Waals surface area contributed by atoms with E-state index in [4.69, 9.17) is 10.5 Å². The van der Waals surface area contributed by atoms with E-state index < -0.39 is 47.0 Å². The van der Waals surface area contributed by atoms with Crippen molar-refractivity contribution in [2.75, 3.05) is 13.2 Å². The molecule has 0 saturated carbocycles. The van der Waals surface area contributed by atoms with Gasteiger partial charge in [0.05, 0.1) is 5.54 Å². The first kappa shape index (κ1) is 23.4. The van der Waals surface area contributed by atoms with Gasteiger partial charge in [-0.15, -0.1) is 0 Å². The van der Waals surface area contributed by atoms with Crippen LogP contribution in [0.4, 0.5) is 13.2 Å². The number of ether oxygens (including phenoxy) is 1. The van der Waals surface area contributed by atoms with Crippen LogP contribution in [0.3, 0.4) is 0 Å². The summed E-state index contributed by atoms with van der Waals surface area (Å²) in [7, 11) is 0. The summed E-state index contributed by atoms with van der Waals surface area (Å²) >= 11 is 0. The summed E-state index contributed by atoms with van der Waals surface area (Å²) in [6.07, 6.45) is 1.41. The normalized spacial score (nSPS) is 12.9. The average Bonchev–Trinajstić information content (AvgIpc) is 2.73. The lowest BCUT2D eigenvalue weighted by atomic mass is 9.89. The maximum absolute atomic E-state index is 14.1. The van der Waals surface area contributed by atoms with Gasteiger partial charge in [0.25, 0.3) is 5.91 Å². The fraction of sp³-hybridized carbons (Fsp3) is 0.364. The molecule has 0 aromatic heterocycles. The van der Waals surface area contributed by atoms with Crippen LogP contribution in [-0.2, 0) is 4.79 Å². The molecule has 0 bridgehead atoms. The molecule has 0 aliphatic carbocycles. The number of amides is 1. The van der Waals surface area contributed by atoms with Crippen molar-refractivity contribution in [3.8, 4) is 5.75 Å². The zero-order valence-electron chi connectivity index (χ0n) is 16.9. The van der Waals surface area contributed by atoms with Gasteiger partial charge in [0.15, 0.2) is 23.2 Å². The van der Waals surface area contributed by atoms with E-state index in [0.29, 0.717) is 31.0 Å². The van der Waals surface area contributed by atoms with Crippen molar-refractivity contribution >= 4 is 11.7 Å². The molecule has 0 aliphatic heterocycles. The van der Waals surface area contributed by atoms with Crippen LogP contribution in [0, 0.1) is 24.4 Å². The van der Waals surface area contributed by atoms with Gasteiger partial charge in [-0.2, -0.15) is 4.39 Å². The maximum Gasteiger partial charge on any atom is 0.252 e. The van der Waals surface area contributed by atoms with Gasteiger partial charge in [-0.05, 0) is 63.4 Å². The predicted molar refractivity (Wildman–Crippen MR) is 107 cm³/mol. The minimum Gasteiger partial charge on any atom is -0.479 e. The summed E-state index contributed by atoms with van der Waals surface area (Å²) in [6, 6.07) is 9.01. The molecule has 162 valence electrons. The third-order valence-electron chi connectivity index (χ3n) is 4.82. The van der Waals surface area contributed by atoms with Gasteiger partial charge < -0.3 is 15.8 Å². The lowest BCUT2D eigenvalue weighted by molar-refractivity contribution is -0.127. The Kier molecular flexibility index (Phi) is 8.00. The number of aryl methyl sites for hydroxylation is 1. The zero-order chi connectivity index (χ0) is 22.3. The smallest absolute Gasteiger partial charge is 0.252 e. The number of hydrogen-bond donors (Lipinski definition) is 2. The third-order valence-corrected chi connectivity index (χ3v) is 4.82. The summed E-state index contributed by atoms with van der Waals surface area (Å²) in [5.74, 6) is -5.91. The van der Waals surface area contributed by atoms with Crippen molar-refractivity contribution in [1.82, 2.24) is 5.32 Å². The van der Waals surface area contributed by atoms with Crippen LogP contribution in [0.15, 0.2) is 36.4 Å². The largest absolute Gasteiger partial charge is 0.479 e. The van der Waals surface area contributed by atoms with Crippen molar-refractivity contribution in [1.29, 1.82) is 0 Å². The first-order valence-corrected chi connectivity index (χ1v) is 9.57. The van der Waals surface area contributed by atoms with Crippen molar-refractivity contribution in [2.45, 2.75) is 38.6 Å². The molecular weight excluding hydrogens is 397 g/mol. The highest BCUT2D eigenvalue weighted by molar-refractivity contribution is 6.00. The van der Waals surface area contributed by atoms with Gasteiger partial charge in [-0.3, -0.25) is 9.59 Å². The van der Waals surface area contributed by atoms with Crippen LogP contribution in [0.25, 0.3) is 0 Å². The minimum absolute atomic E-state index is 0.153. The molecule has 0 spiro atoms. The predicted octanol–water partition coefficient (Wildman–Crippen LogP) is 3.68. The number of benzene rings is 2. The van der Waals surface area contributed by atoms with E-state index >= 15 is 0 Å². The van der Waals surface area contributed by atoms with Gasteiger partial charge in [0.1, 0.15) is 6.61 Å². The van der Waals surface area contributed by atoms with Gasteiger partial charge in [0, 0.05) is 5.56 Å². The molecule has 0 fully saturated rings. The van der Waals surface area contributed by atoms with Gasteiger partial charge in [-0.25, -0.2) is 8.78 Å². The average molecular weight is 422 g/mol. The number of nitrogens with one attached hydrogen (secondary N) is 1. The summed E-state index contributed by atoms with van der Waals surface area (Å²) in [5, 5.41) is 2.69. The van der Waals surface area contributed by atoms with Crippen molar-refractivity contribution in [3.63, 3.8) is 0 Å². The lowest BCUT2D eigenvalue weighted by Crippen LogP contribution is -2.54. The molecule has 1 amide bonds. The summed E-state index contributed by atoms with van der Waals surface area (Å²) in [4.78, 5) is 25.5. The van der Waals surface area contributed by atoms with Gasteiger partial charge >= 0.3 is 0 Å². The highest BCUT2D eigenvalue weighted by atomic mass is 19.2. The Labute approximate surface area is 173 Å². The third kappa shape index (κ3) is 5.60. The number of Topliss-reactive ketones (excluding diaryl/α,β-unsaturated/α-hetero) is 1. The topological polar surface area (TPSA) is 81.4 Å². The molecule has 0 heterocycles. The summed E-state index contributed by atoms with van der Waals surface area (Å²) < 4.78 is 46.7. The molecule has 1 unspecified atom stereocenters. The highest BCUT2D eigenvalue weighted by Gasteiger charge is 2.35. The fourth-order valence-electron chi connectivity index (χ4n) is 2.93. The Morgan fingerprint density at radius 2 is 1.77 bits per heavy atom. The second-order valence-corrected chi connectivity index (χ2v) is 7.24. The van der Waals surface area contributed by atoms with E-state index in [2.05, 4.69) is 5.32 Å². The van der Waals surface area contributed by atoms with Crippen molar-refractivity contribution in [2.24, 2.45) is 5.73 Å². The first-order chi connectivity index (χ1) is 14.2. The van der Waals surface area contributed by atoms with Crippen LogP contribution >= 0.6 is 0 Å². The summed E-state index contributed by atoms with van der Waals surface area (Å²) in [5.41, 5.74) is 4.35. The molecule has 5 nitrogen and oxygen atoms in total. The van der Waals surface area contributed by atoms with E-state index in [1.54, 1.807) is 30.3 Å². The van der Waals surface area contributed by atoms with E-state index in [1.807, 2.05) is 0 Å². The quantitative estimate of drug-likeness (QED) is 0.452. The van der Waals surface area contributed by atoms with E-state index in [1.165, 1.54) is 13.8 Å². The Hall–Kier alpha value is -2.87. The molecule has 2 aromatic carbocycles. The number of hydrogen-bond acceptors (Lipinski definition) is 4. The standard InChI is InChI=1S/C22H25F3N2O3/c1-14-12-16(23)19(25)20(18(14)24)30-13-17(28)22(2,10-6-7-11-26)27-21(29)15-8-4-3-5-9-15/h3-5,8-9,12H,6-7,10-11,13,26H2,1-2H3,(H,27,29). The second-order valence-electron chi connectivity index (χ2n) is 7.24. The van der Waals surface area contributed by atoms with E-state index in [0.717, 1.165) is 0 Å². The molecule has 2 rings (SSSR count). The lowest BCUT2D eigenvalue weighted by Gasteiger charge is -2.29. The van der Waals surface area contributed by atoms with Crippen LogP contribution < -0.4 is 15.8 Å². The molecule has 3 N–H and O–H groups in total. The minimum atomic E-state index is -1.51. The molecular formula is C22H25F3N2O3. The number of carbonyl (C=O) groups is 2.